The molecule has 1 unspecified atom stereocenters. The molecule has 44 valence electrons. The van der Waals surface area contributed by atoms with Crippen LogP contribution in [0, 0.1) is 0 Å². The van der Waals surface area contributed by atoms with Crippen LogP contribution in [0.15, 0.2) is 0 Å². The van der Waals surface area contributed by atoms with Crippen molar-refractivity contribution in [2.45, 2.75) is 5.51 Å². The van der Waals surface area contributed by atoms with Crippen LogP contribution in [-0.4, -0.2) is 5.51 Å². The smallest absolute Gasteiger partial charge is 0.221 e. The lowest BCUT2D eigenvalue weighted by Crippen LogP contribution is -1.99. The molecule has 7 heavy (non-hydrogen) atoms. The number of halogens is 3. The molecule has 0 aromatic heterocycles. The van der Waals surface area contributed by atoms with Crippen LogP contribution in [0.2, 0.25) is 0 Å². The van der Waals surface area contributed by atoms with E-state index in [4.69, 9.17) is 0 Å². The average molecular weight is 133 g/mol. The Morgan fingerprint density at radius 2 is 1.86 bits per heavy atom. The predicted octanol–water partition coefficient (Wildman–Crippen LogP) is 0.872. The number of thiol groups is 1. The van der Waals surface area contributed by atoms with E-state index in [0.717, 1.165) is 0 Å². The summed E-state index contributed by atoms with van der Waals surface area (Å²) in [6.07, 6.45) is 0. The summed E-state index contributed by atoms with van der Waals surface area (Å²) in [6, 6.07) is 0. The van der Waals surface area contributed by atoms with E-state index in [9.17, 15) is 13.2 Å². The van der Waals surface area contributed by atoms with Gasteiger partial charge in [0.25, 0.3) is 0 Å². The Bertz CT molecular complexity index is 77.5. The van der Waals surface area contributed by atoms with Crippen LogP contribution in [-0.2, 0) is 4.28 Å². The van der Waals surface area contributed by atoms with Crippen LogP contribution >= 0.6 is 11.4 Å². The minimum Gasteiger partial charge on any atom is -0.221 e. The summed E-state index contributed by atoms with van der Waals surface area (Å²) in [5, 5.41) is 0. The fraction of sp³-hybridized carbons (Fsp3) is 1.00. The van der Waals surface area contributed by atoms with E-state index in [1.807, 2.05) is 0 Å². The van der Waals surface area contributed by atoms with Crippen LogP contribution in [0.1, 0.15) is 0 Å². The Morgan fingerprint density at radius 3 is 1.86 bits per heavy atom. The third-order valence-electron chi connectivity index (χ3n) is 0.413. The molecule has 0 radical (unpaired) electrons. The zero-order valence-corrected chi connectivity index (χ0v) is 3.88. The number of alkyl halides is 3. The summed E-state index contributed by atoms with van der Waals surface area (Å²) in [6.45, 7) is 0. The first kappa shape index (κ1) is 5.20. The van der Waals surface area contributed by atoms with Gasteiger partial charge in [-0.2, -0.15) is 13.2 Å². The summed E-state index contributed by atoms with van der Waals surface area (Å²) in [4.78, 5) is 1.71. The summed E-state index contributed by atoms with van der Waals surface area (Å²) in [7, 11) is 0. The van der Waals surface area contributed by atoms with Gasteiger partial charge in [0.2, 0.25) is 0 Å². The van der Waals surface area contributed by atoms with Crippen molar-refractivity contribution in [2.24, 2.45) is 0 Å². The van der Waals surface area contributed by atoms with Crippen molar-refractivity contribution in [3.63, 3.8) is 0 Å². The molecule has 0 aromatic carbocycles. The molecule has 6 heteroatoms. The number of nitrogens with one attached hydrogen (secondary N) is 1. The fourth-order valence-electron chi connectivity index (χ4n) is 0.124. The van der Waals surface area contributed by atoms with Crippen LogP contribution in [0.3, 0.4) is 0 Å². The third-order valence-corrected chi connectivity index (χ3v) is 1.24. The molecular formula is CH2F3NOS. The molecule has 0 aromatic rings. The molecule has 1 N–H and O–H groups in total. The van der Waals surface area contributed by atoms with Crippen molar-refractivity contribution in [1.29, 1.82) is 0 Å². The third kappa shape index (κ3) is 1.22. The van der Waals surface area contributed by atoms with Gasteiger partial charge in [-0.05, 0) is 0 Å². The van der Waals surface area contributed by atoms with Gasteiger partial charge in [0.15, 0.2) is 0 Å². The van der Waals surface area contributed by atoms with Gasteiger partial charge in [0, 0.05) is 11.4 Å². The molecule has 1 aliphatic rings. The van der Waals surface area contributed by atoms with Gasteiger partial charge in [-0.25, -0.2) is 4.28 Å². The highest BCUT2D eigenvalue weighted by Crippen LogP contribution is 2.51. The van der Waals surface area contributed by atoms with Crippen molar-refractivity contribution in [1.82, 2.24) is 4.89 Å². The minimum atomic E-state index is -4.16. The quantitative estimate of drug-likeness (QED) is 0.380. The summed E-state index contributed by atoms with van der Waals surface area (Å²) in [5.74, 6) is 0. The molecule has 0 saturated carbocycles. The van der Waals surface area contributed by atoms with Gasteiger partial charge < -0.3 is 0 Å². The first-order valence-corrected chi connectivity index (χ1v) is 2.66. The molecule has 1 aliphatic heterocycles. The molecule has 1 fully saturated rings. The van der Waals surface area contributed by atoms with Crippen molar-refractivity contribution < 1.29 is 17.5 Å². The van der Waals surface area contributed by atoms with E-state index >= 15 is 0 Å². The van der Waals surface area contributed by atoms with Crippen LogP contribution in [0.25, 0.3) is 0 Å². The maximum absolute atomic E-state index is 11.1. The van der Waals surface area contributed by atoms with Crippen molar-refractivity contribution in [2.75, 3.05) is 0 Å². The largest absolute Gasteiger partial charge is 0.460 e. The standard InChI is InChI=1S/CH2F3NOS/c2-1(3,4)7-5-6-7/h5,7H. The summed E-state index contributed by atoms with van der Waals surface area (Å²) in [5.41, 5.74) is -4.16. The van der Waals surface area contributed by atoms with Gasteiger partial charge in [-0.1, -0.05) is 0 Å². The van der Waals surface area contributed by atoms with Crippen molar-refractivity contribution in [3.8, 4) is 0 Å². The Hall–Kier alpha value is 0.0600. The Labute approximate surface area is 40.3 Å². The average Bonchev–Trinajstić information content (AvgIpc) is 1.99. The van der Waals surface area contributed by atoms with Gasteiger partial charge in [0.05, 0.1) is 0 Å². The van der Waals surface area contributed by atoms with Crippen LogP contribution in [0.5, 0.6) is 0 Å². The molecule has 1 atom stereocenters. The lowest BCUT2D eigenvalue weighted by atomic mass is 11.6. The molecule has 1 saturated heterocycles. The van der Waals surface area contributed by atoms with Gasteiger partial charge in [-0.3, -0.25) is 0 Å². The molecule has 0 spiro atoms. The highest BCUT2D eigenvalue weighted by atomic mass is 32.2. The summed E-state index contributed by atoms with van der Waals surface area (Å²) >= 11 is -2.24. The summed E-state index contributed by atoms with van der Waals surface area (Å²) < 4.78 is 37.0. The molecule has 0 aliphatic carbocycles. The SMILES string of the molecule is FC(F)(F)[SH]1NO1. The van der Waals surface area contributed by atoms with E-state index in [-0.39, 0.29) is 0 Å². The monoisotopic (exact) mass is 133 g/mol. The molecule has 0 amide bonds. The maximum Gasteiger partial charge on any atom is 0.460 e. The zero-order valence-electron chi connectivity index (χ0n) is 2.99. The van der Waals surface area contributed by atoms with Gasteiger partial charge in [0.1, 0.15) is 0 Å². The number of hydrogen-bond donors (Lipinski definition) is 2. The lowest BCUT2D eigenvalue weighted by Gasteiger charge is -1.97. The van der Waals surface area contributed by atoms with Crippen LogP contribution < -0.4 is 4.89 Å². The predicted molar refractivity (Wildman–Crippen MR) is 19.3 cm³/mol. The Balaban J connectivity index is 2.36. The Morgan fingerprint density at radius 1 is 1.43 bits per heavy atom. The second-order valence-corrected chi connectivity index (χ2v) is 2.41. The van der Waals surface area contributed by atoms with Gasteiger partial charge >= 0.3 is 5.51 Å². The first-order chi connectivity index (χ1) is 3.11. The molecule has 1 rings (SSSR count). The molecule has 2 nitrogen and oxygen atoms in total. The van der Waals surface area contributed by atoms with Crippen molar-refractivity contribution >= 4 is 11.4 Å². The number of hydrogen-bond acceptors (Lipinski definition) is 2. The molecule has 1 heterocycles. The normalized spacial score (nSPS) is 35.6. The van der Waals surface area contributed by atoms with E-state index in [1.54, 1.807) is 4.89 Å². The highest BCUT2D eigenvalue weighted by molar-refractivity contribution is 8.16. The Kier molecular flexibility index (Phi) is 0.943. The van der Waals surface area contributed by atoms with E-state index in [0.29, 0.717) is 0 Å². The zero-order chi connectivity index (χ0) is 5.49. The maximum atomic E-state index is 11.1. The van der Waals surface area contributed by atoms with E-state index < -0.39 is 16.9 Å². The molecular weight excluding hydrogens is 131 g/mol. The highest BCUT2D eigenvalue weighted by Gasteiger charge is 2.46. The second-order valence-electron chi connectivity index (χ2n) is 0.945. The molecule has 0 bridgehead atoms. The topological polar surface area (TPSA) is 34.5 Å². The lowest BCUT2D eigenvalue weighted by molar-refractivity contribution is -0.0357. The van der Waals surface area contributed by atoms with Gasteiger partial charge in [-0.15, -0.1) is 4.89 Å². The minimum absolute atomic E-state index is 1.71. The first-order valence-electron chi connectivity index (χ1n) is 1.40. The van der Waals surface area contributed by atoms with E-state index in [2.05, 4.69) is 4.28 Å². The fourth-order valence-corrected chi connectivity index (χ4v) is 0.494. The second kappa shape index (κ2) is 1.27. The van der Waals surface area contributed by atoms with E-state index in [1.165, 1.54) is 0 Å². The van der Waals surface area contributed by atoms with Crippen LogP contribution in [0.4, 0.5) is 13.2 Å². The number of rotatable bonds is 0. The van der Waals surface area contributed by atoms with Crippen molar-refractivity contribution in [3.05, 3.63) is 0 Å².